The van der Waals surface area contributed by atoms with Crippen molar-refractivity contribution in [2.45, 2.75) is 4.90 Å². The van der Waals surface area contributed by atoms with Crippen LogP contribution in [0, 0.1) is 11.5 Å². The Morgan fingerprint density at radius 2 is 2.06 bits per heavy atom. The number of benzene rings is 1. The van der Waals surface area contributed by atoms with Crippen molar-refractivity contribution >= 4 is 42.9 Å². The molecule has 8 heteroatoms. The van der Waals surface area contributed by atoms with E-state index >= 15 is 0 Å². The lowest BCUT2D eigenvalue weighted by molar-refractivity contribution is 0.598. The Balaban J connectivity index is 3.12. The number of halogens is 1. The predicted octanol–water partition coefficient (Wildman–Crippen LogP) is 1.93. The Morgan fingerprint density at radius 3 is 2.53 bits per heavy atom. The van der Waals surface area contributed by atoms with Crippen LogP contribution < -0.4 is 5.32 Å². The molecule has 17 heavy (non-hydrogen) atoms. The molecular weight excluding hydrogens is 326 g/mol. The van der Waals surface area contributed by atoms with Crippen LogP contribution in [0.4, 0.5) is 0 Å². The minimum Gasteiger partial charge on any atom is -0.271 e. The molecule has 0 heterocycles. The Hall–Kier alpha value is -1.04. The molecule has 0 saturated carbocycles. The maximum Gasteiger partial charge on any atom is 0.284 e. The Labute approximate surface area is 112 Å². The number of thioether (sulfide) groups is 1. The summed E-state index contributed by atoms with van der Waals surface area (Å²) in [4.78, 5) is 0.0759. The normalized spacial score (nSPS) is 11.9. The van der Waals surface area contributed by atoms with Crippen molar-refractivity contribution in [3.63, 3.8) is 0 Å². The van der Waals surface area contributed by atoms with Gasteiger partial charge in [0.2, 0.25) is 0 Å². The molecule has 5 nitrogen and oxygen atoms in total. The van der Waals surface area contributed by atoms with Gasteiger partial charge in [0.1, 0.15) is 0 Å². The van der Waals surface area contributed by atoms with Crippen LogP contribution in [-0.2, 0) is 10.0 Å². The summed E-state index contributed by atoms with van der Waals surface area (Å²) in [6, 6.07) is 6.10. The fraction of sp³-hybridized carbons (Fsp3) is 0.111. The molecule has 90 valence electrons. The standard InChI is InChI=1S/C9H8BrN3O2S2/c1-16-9(12-6-11)13-17(14,15)8-4-2-7(10)3-5-8/h2-5H,1H3,(H,12,13). The van der Waals surface area contributed by atoms with Crippen LogP contribution in [0.2, 0.25) is 0 Å². The molecule has 0 unspecified atom stereocenters. The zero-order valence-electron chi connectivity index (χ0n) is 8.71. The number of hydrogen-bond donors (Lipinski definition) is 1. The average molecular weight is 334 g/mol. The number of nitrogens with zero attached hydrogens (tertiary/aromatic N) is 2. The van der Waals surface area contributed by atoms with Gasteiger partial charge in [-0.05, 0) is 30.5 Å². The zero-order chi connectivity index (χ0) is 12.9. The lowest BCUT2D eigenvalue weighted by Gasteiger charge is -2.01. The largest absolute Gasteiger partial charge is 0.284 e. The molecule has 0 saturated heterocycles. The van der Waals surface area contributed by atoms with Gasteiger partial charge in [0.25, 0.3) is 10.0 Å². The Bertz CT molecular complexity index is 561. The first-order valence-corrected chi connectivity index (χ1v) is 7.75. The summed E-state index contributed by atoms with van der Waals surface area (Å²) >= 11 is 4.26. The van der Waals surface area contributed by atoms with E-state index in [1.54, 1.807) is 24.6 Å². The van der Waals surface area contributed by atoms with Crippen LogP contribution in [0.1, 0.15) is 0 Å². The van der Waals surface area contributed by atoms with Crippen LogP contribution >= 0.6 is 27.7 Å². The third-order valence-electron chi connectivity index (χ3n) is 1.67. The lowest BCUT2D eigenvalue weighted by atomic mass is 10.4. The van der Waals surface area contributed by atoms with Gasteiger partial charge in [-0.1, -0.05) is 27.7 Å². The summed E-state index contributed by atoms with van der Waals surface area (Å²) in [5.74, 6) is 0. The maximum absolute atomic E-state index is 11.8. The Kier molecular flexibility index (Phi) is 4.99. The summed E-state index contributed by atoms with van der Waals surface area (Å²) in [5.41, 5.74) is 0. The molecule has 1 rings (SSSR count). The second-order valence-corrected chi connectivity index (χ2v) is 6.08. The van der Waals surface area contributed by atoms with E-state index in [0.717, 1.165) is 16.2 Å². The molecule has 0 aliphatic carbocycles. The van der Waals surface area contributed by atoms with Crippen molar-refractivity contribution in [2.75, 3.05) is 6.26 Å². The quantitative estimate of drug-likeness (QED) is 0.387. The highest BCUT2D eigenvalue weighted by Gasteiger charge is 2.13. The van der Waals surface area contributed by atoms with Gasteiger partial charge >= 0.3 is 0 Å². The highest BCUT2D eigenvalue weighted by molar-refractivity contribution is 9.10. The van der Waals surface area contributed by atoms with Crippen LogP contribution in [-0.4, -0.2) is 19.8 Å². The number of amidine groups is 1. The van der Waals surface area contributed by atoms with Crippen molar-refractivity contribution in [3.05, 3.63) is 28.7 Å². The fourth-order valence-electron chi connectivity index (χ4n) is 0.927. The van der Waals surface area contributed by atoms with Crippen molar-refractivity contribution in [2.24, 2.45) is 4.40 Å². The minimum atomic E-state index is -3.78. The van der Waals surface area contributed by atoms with Gasteiger partial charge in [0, 0.05) is 4.47 Å². The monoisotopic (exact) mass is 333 g/mol. The third kappa shape index (κ3) is 4.03. The molecule has 0 aromatic heterocycles. The maximum atomic E-state index is 11.8. The number of nitrogens with one attached hydrogen (secondary N) is 1. The van der Waals surface area contributed by atoms with E-state index in [9.17, 15) is 8.42 Å². The van der Waals surface area contributed by atoms with E-state index in [4.69, 9.17) is 5.26 Å². The molecule has 0 aliphatic heterocycles. The molecule has 1 aromatic rings. The van der Waals surface area contributed by atoms with E-state index in [1.165, 1.54) is 12.1 Å². The number of nitriles is 1. The summed E-state index contributed by atoms with van der Waals surface area (Å²) in [6.07, 6.45) is 3.25. The van der Waals surface area contributed by atoms with E-state index in [1.807, 2.05) is 0 Å². The molecule has 0 amide bonds. The first kappa shape index (κ1) is 14.0. The van der Waals surface area contributed by atoms with Crippen LogP contribution in [0.5, 0.6) is 0 Å². The molecule has 0 fully saturated rings. The summed E-state index contributed by atoms with van der Waals surface area (Å²) in [7, 11) is -3.78. The van der Waals surface area contributed by atoms with E-state index in [-0.39, 0.29) is 10.1 Å². The van der Waals surface area contributed by atoms with Crippen molar-refractivity contribution in [3.8, 4) is 6.19 Å². The smallest absolute Gasteiger partial charge is 0.271 e. The van der Waals surface area contributed by atoms with Gasteiger partial charge in [-0.3, -0.25) is 5.32 Å². The average Bonchev–Trinajstić information content (AvgIpc) is 2.28. The van der Waals surface area contributed by atoms with Gasteiger partial charge < -0.3 is 0 Å². The number of sulfonamides is 1. The van der Waals surface area contributed by atoms with Crippen LogP contribution in [0.25, 0.3) is 0 Å². The van der Waals surface area contributed by atoms with Gasteiger partial charge in [-0.2, -0.15) is 13.7 Å². The zero-order valence-corrected chi connectivity index (χ0v) is 11.9. The predicted molar refractivity (Wildman–Crippen MR) is 71.0 cm³/mol. The van der Waals surface area contributed by atoms with E-state index < -0.39 is 10.0 Å². The van der Waals surface area contributed by atoms with Gasteiger partial charge in [-0.15, -0.1) is 4.40 Å². The van der Waals surface area contributed by atoms with Crippen LogP contribution in [0.15, 0.2) is 38.0 Å². The van der Waals surface area contributed by atoms with Gasteiger partial charge in [0.05, 0.1) is 4.90 Å². The van der Waals surface area contributed by atoms with E-state index in [0.29, 0.717) is 0 Å². The number of hydrogen-bond acceptors (Lipinski definition) is 4. The van der Waals surface area contributed by atoms with Crippen molar-refractivity contribution in [1.82, 2.24) is 5.32 Å². The molecular formula is C9H8BrN3O2S2. The van der Waals surface area contributed by atoms with Crippen molar-refractivity contribution in [1.29, 1.82) is 5.26 Å². The third-order valence-corrected chi connectivity index (χ3v) is 4.19. The SMILES string of the molecule is CS/C(=N\S(=O)(=O)c1ccc(Br)cc1)NC#N. The highest BCUT2D eigenvalue weighted by Crippen LogP contribution is 2.17. The lowest BCUT2D eigenvalue weighted by Crippen LogP contribution is -2.15. The fourth-order valence-corrected chi connectivity index (χ4v) is 2.78. The molecule has 0 atom stereocenters. The van der Waals surface area contributed by atoms with Crippen LogP contribution in [0.3, 0.4) is 0 Å². The molecule has 1 aromatic carbocycles. The first-order chi connectivity index (χ1) is 7.99. The van der Waals surface area contributed by atoms with Gasteiger partial charge in [-0.25, -0.2) is 0 Å². The minimum absolute atomic E-state index is 0.0374. The summed E-state index contributed by atoms with van der Waals surface area (Å²) < 4.78 is 27.9. The highest BCUT2D eigenvalue weighted by atomic mass is 79.9. The van der Waals surface area contributed by atoms with Gasteiger partial charge in [0.15, 0.2) is 11.4 Å². The summed E-state index contributed by atoms with van der Waals surface area (Å²) in [5, 5.41) is 10.7. The molecule has 1 N–H and O–H groups in total. The first-order valence-electron chi connectivity index (χ1n) is 4.29. The van der Waals surface area contributed by atoms with E-state index in [2.05, 4.69) is 25.6 Å². The van der Waals surface area contributed by atoms with Crippen molar-refractivity contribution < 1.29 is 8.42 Å². The number of rotatable bonds is 2. The second kappa shape index (κ2) is 6.05. The Morgan fingerprint density at radius 1 is 1.47 bits per heavy atom. The molecule has 0 aliphatic rings. The molecule has 0 bridgehead atoms. The summed E-state index contributed by atoms with van der Waals surface area (Å²) in [6.45, 7) is 0. The second-order valence-electron chi connectivity index (χ2n) is 2.77. The molecule has 0 spiro atoms. The molecule has 0 radical (unpaired) electrons. The topological polar surface area (TPSA) is 82.3 Å².